The van der Waals surface area contributed by atoms with E-state index in [9.17, 15) is 9.18 Å². The molecule has 2 heterocycles. The van der Waals surface area contributed by atoms with Gasteiger partial charge in [0, 0.05) is 36.7 Å². The van der Waals surface area contributed by atoms with Gasteiger partial charge in [-0.25, -0.2) is 4.39 Å². The van der Waals surface area contributed by atoms with Crippen LogP contribution in [-0.4, -0.2) is 28.0 Å². The predicted molar refractivity (Wildman–Crippen MR) is 72.6 cm³/mol. The van der Waals surface area contributed by atoms with Crippen LogP contribution in [-0.2, 0) is 7.05 Å². The maximum atomic E-state index is 13.4. The van der Waals surface area contributed by atoms with Crippen molar-refractivity contribution in [1.29, 1.82) is 0 Å². The molecule has 0 radical (unpaired) electrons. The summed E-state index contributed by atoms with van der Waals surface area (Å²) in [4.78, 5) is 14.5. The summed E-state index contributed by atoms with van der Waals surface area (Å²) in [6.07, 6.45) is 3.90. The number of nitrogens with zero attached hydrogens (tertiary/aromatic N) is 2. The molecule has 1 aliphatic rings. The average Bonchev–Trinajstić information content (AvgIpc) is 2.93. The number of aromatic nitrogens is 1. The minimum absolute atomic E-state index is 0.0150. The zero-order valence-corrected chi connectivity index (χ0v) is 11.2. The second-order valence-corrected chi connectivity index (χ2v) is 5.30. The second-order valence-electron chi connectivity index (χ2n) is 5.30. The molecule has 4 heteroatoms. The van der Waals surface area contributed by atoms with Crippen molar-refractivity contribution in [2.45, 2.75) is 25.8 Å². The van der Waals surface area contributed by atoms with Crippen molar-refractivity contribution in [2.75, 3.05) is 6.54 Å². The topological polar surface area (TPSA) is 25.2 Å². The van der Waals surface area contributed by atoms with Crippen LogP contribution in [0, 0.1) is 5.82 Å². The molecule has 2 aromatic rings. The molecule has 0 N–H and O–H groups in total. The first-order valence-corrected chi connectivity index (χ1v) is 6.63. The van der Waals surface area contributed by atoms with E-state index in [4.69, 9.17) is 0 Å². The van der Waals surface area contributed by atoms with Gasteiger partial charge in [-0.1, -0.05) is 0 Å². The molecule has 1 saturated heterocycles. The number of likely N-dealkylation sites (tertiary alicyclic amines) is 1. The number of aryl methyl sites for hydroxylation is 1. The molecule has 1 aliphatic heterocycles. The number of halogens is 1. The quantitative estimate of drug-likeness (QED) is 0.774. The van der Waals surface area contributed by atoms with Gasteiger partial charge in [-0.15, -0.1) is 0 Å². The summed E-state index contributed by atoms with van der Waals surface area (Å²) < 4.78 is 15.3. The first-order valence-electron chi connectivity index (χ1n) is 6.63. The molecule has 19 heavy (non-hydrogen) atoms. The van der Waals surface area contributed by atoms with E-state index in [1.54, 1.807) is 12.3 Å². The fourth-order valence-electron chi connectivity index (χ4n) is 2.92. The van der Waals surface area contributed by atoms with Crippen LogP contribution in [0.15, 0.2) is 24.4 Å². The van der Waals surface area contributed by atoms with Crippen molar-refractivity contribution in [1.82, 2.24) is 9.47 Å². The van der Waals surface area contributed by atoms with E-state index in [1.165, 1.54) is 12.1 Å². The summed E-state index contributed by atoms with van der Waals surface area (Å²) in [6.45, 7) is 2.86. The molecular formula is C15H17FN2O. The molecule has 0 spiro atoms. The van der Waals surface area contributed by atoms with Crippen LogP contribution >= 0.6 is 0 Å². The van der Waals surface area contributed by atoms with Crippen molar-refractivity contribution < 1.29 is 9.18 Å². The van der Waals surface area contributed by atoms with Crippen molar-refractivity contribution in [3.05, 3.63) is 35.8 Å². The van der Waals surface area contributed by atoms with Gasteiger partial charge in [0.2, 0.25) is 0 Å². The fourth-order valence-corrected chi connectivity index (χ4v) is 2.92. The van der Waals surface area contributed by atoms with Gasteiger partial charge in [0.05, 0.1) is 5.56 Å². The Labute approximate surface area is 111 Å². The first kappa shape index (κ1) is 12.2. The third kappa shape index (κ3) is 1.91. The predicted octanol–water partition coefficient (Wildman–Crippen LogP) is 2.94. The standard InChI is InChI=1S/C15H17FN2O/c1-10-4-3-7-18(10)15(19)13-9-17(2)14-6-5-11(16)8-12(13)14/h5-6,8-10H,3-4,7H2,1-2H3. The highest BCUT2D eigenvalue weighted by atomic mass is 19.1. The Hall–Kier alpha value is -1.84. The minimum atomic E-state index is -0.303. The molecule has 0 aliphatic carbocycles. The van der Waals surface area contributed by atoms with Crippen LogP contribution in [0.5, 0.6) is 0 Å². The first-order chi connectivity index (χ1) is 9.08. The number of carbonyl (C=O) groups is 1. The Morgan fingerprint density at radius 3 is 2.89 bits per heavy atom. The van der Waals surface area contributed by atoms with Crippen molar-refractivity contribution in [3.63, 3.8) is 0 Å². The summed E-state index contributed by atoms with van der Waals surface area (Å²) in [7, 11) is 1.88. The molecule has 1 amide bonds. The van der Waals surface area contributed by atoms with Crippen LogP contribution in [0.2, 0.25) is 0 Å². The zero-order chi connectivity index (χ0) is 13.6. The van der Waals surface area contributed by atoms with Gasteiger partial charge < -0.3 is 9.47 Å². The second kappa shape index (κ2) is 4.37. The lowest BCUT2D eigenvalue weighted by atomic mass is 10.1. The smallest absolute Gasteiger partial charge is 0.256 e. The lowest BCUT2D eigenvalue weighted by Gasteiger charge is -2.20. The van der Waals surface area contributed by atoms with E-state index >= 15 is 0 Å². The van der Waals surface area contributed by atoms with Gasteiger partial charge in [0.15, 0.2) is 0 Å². The molecule has 1 aromatic heterocycles. The van der Waals surface area contributed by atoms with Crippen molar-refractivity contribution in [3.8, 4) is 0 Å². The van der Waals surface area contributed by atoms with Gasteiger partial charge >= 0.3 is 0 Å². The van der Waals surface area contributed by atoms with E-state index < -0.39 is 0 Å². The van der Waals surface area contributed by atoms with Gasteiger partial charge in [-0.3, -0.25) is 4.79 Å². The largest absolute Gasteiger partial charge is 0.350 e. The summed E-state index contributed by atoms with van der Waals surface area (Å²) in [5, 5.41) is 0.701. The number of carbonyl (C=O) groups excluding carboxylic acids is 1. The van der Waals surface area contributed by atoms with Crippen LogP contribution in [0.4, 0.5) is 4.39 Å². The van der Waals surface area contributed by atoms with E-state index in [2.05, 4.69) is 6.92 Å². The lowest BCUT2D eigenvalue weighted by molar-refractivity contribution is 0.0749. The maximum Gasteiger partial charge on any atom is 0.256 e. The molecule has 100 valence electrons. The van der Waals surface area contributed by atoms with Gasteiger partial charge in [0.25, 0.3) is 5.91 Å². The Morgan fingerprint density at radius 1 is 1.42 bits per heavy atom. The summed E-state index contributed by atoms with van der Waals surface area (Å²) in [5.74, 6) is -0.288. The van der Waals surface area contributed by atoms with Gasteiger partial charge in [-0.2, -0.15) is 0 Å². The highest BCUT2D eigenvalue weighted by molar-refractivity contribution is 6.07. The maximum absolute atomic E-state index is 13.4. The Bertz CT molecular complexity index is 647. The number of rotatable bonds is 1. The Kier molecular flexibility index (Phi) is 2.81. The number of hydrogen-bond acceptors (Lipinski definition) is 1. The lowest BCUT2D eigenvalue weighted by Crippen LogP contribution is -2.33. The highest BCUT2D eigenvalue weighted by Crippen LogP contribution is 2.26. The normalized spacial score (nSPS) is 19.3. The summed E-state index contributed by atoms with van der Waals surface area (Å²) in [5.41, 5.74) is 1.49. The number of amides is 1. The molecule has 0 saturated carbocycles. The van der Waals surface area contributed by atoms with E-state index in [-0.39, 0.29) is 17.8 Å². The molecule has 0 bridgehead atoms. The van der Waals surface area contributed by atoms with Gasteiger partial charge in [-0.05, 0) is 38.0 Å². The fraction of sp³-hybridized carbons (Fsp3) is 0.400. The zero-order valence-electron chi connectivity index (χ0n) is 11.2. The van der Waals surface area contributed by atoms with Gasteiger partial charge in [0.1, 0.15) is 5.82 Å². The van der Waals surface area contributed by atoms with Crippen LogP contribution in [0.3, 0.4) is 0 Å². The third-order valence-corrected chi connectivity index (χ3v) is 4.00. The average molecular weight is 260 g/mol. The molecule has 3 nitrogen and oxygen atoms in total. The highest BCUT2D eigenvalue weighted by Gasteiger charge is 2.28. The number of fused-ring (bicyclic) bond motifs is 1. The summed E-state index contributed by atoms with van der Waals surface area (Å²) >= 11 is 0. The summed E-state index contributed by atoms with van der Waals surface area (Å²) in [6, 6.07) is 4.86. The molecule has 1 aromatic carbocycles. The van der Waals surface area contributed by atoms with E-state index in [1.807, 2.05) is 16.5 Å². The number of benzene rings is 1. The van der Waals surface area contributed by atoms with Crippen LogP contribution in [0.25, 0.3) is 10.9 Å². The molecule has 1 unspecified atom stereocenters. The minimum Gasteiger partial charge on any atom is -0.350 e. The molecule has 3 rings (SSSR count). The Balaban J connectivity index is 2.09. The Morgan fingerprint density at radius 2 is 2.21 bits per heavy atom. The number of hydrogen-bond donors (Lipinski definition) is 0. The van der Waals surface area contributed by atoms with E-state index in [0.29, 0.717) is 10.9 Å². The SMILES string of the molecule is CC1CCCN1C(=O)c1cn(C)c2ccc(F)cc12. The van der Waals surface area contributed by atoms with Crippen LogP contribution in [0.1, 0.15) is 30.1 Å². The van der Waals surface area contributed by atoms with Crippen molar-refractivity contribution >= 4 is 16.8 Å². The van der Waals surface area contributed by atoms with Crippen LogP contribution < -0.4 is 0 Å². The monoisotopic (exact) mass is 260 g/mol. The van der Waals surface area contributed by atoms with Crippen molar-refractivity contribution in [2.24, 2.45) is 7.05 Å². The molecule has 1 fully saturated rings. The molecule has 1 atom stereocenters. The third-order valence-electron chi connectivity index (χ3n) is 4.00. The van der Waals surface area contributed by atoms with E-state index in [0.717, 1.165) is 24.9 Å². The molecular weight excluding hydrogens is 243 g/mol.